The van der Waals surface area contributed by atoms with Crippen molar-refractivity contribution >= 4 is 27.3 Å². The Morgan fingerprint density at radius 3 is 2.16 bits per heavy atom. The van der Waals surface area contributed by atoms with Gasteiger partial charge in [-0.05, 0) is 37.4 Å². The van der Waals surface area contributed by atoms with Crippen LogP contribution in [0.1, 0.15) is 13.8 Å². The number of hydrogen-bond donors (Lipinski definition) is 2. The number of likely N-dealkylation sites (N-methyl/N-ethyl adjacent to an activating group) is 1. The van der Waals surface area contributed by atoms with Crippen LogP contribution in [0.4, 0.5) is 10.1 Å². The Morgan fingerprint density at radius 2 is 1.60 bits per heavy atom. The highest BCUT2D eigenvalue weighted by molar-refractivity contribution is 7.92. The van der Waals surface area contributed by atoms with Gasteiger partial charge in [-0.3, -0.25) is 9.59 Å². The number of sulfone groups is 1. The Morgan fingerprint density at radius 1 is 1.04 bits per heavy atom. The molecule has 0 unspecified atom stereocenters. The van der Waals surface area contributed by atoms with Gasteiger partial charge in [0.15, 0.2) is 9.84 Å². The molecule has 1 rings (SSSR count). The molecule has 1 aromatic rings. The zero-order valence-electron chi connectivity index (χ0n) is 14.4. The lowest BCUT2D eigenvalue weighted by atomic mass is 10.3. The van der Waals surface area contributed by atoms with Gasteiger partial charge in [-0.25, -0.2) is 12.8 Å². The van der Waals surface area contributed by atoms with Gasteiger partial charge in [-0.15, -0.1) is 0 Å². The van der Waals surface area contributed by atoms with E-state index in [0.717, 1.165) is 25.2 Å². The van der Waals surface area contributed by atoms with E-state index in [4.69, 9.17) is 0 Å². The molecule has 0 aliphatic heterocycles. The molecule has 7 nitrogen and oxygen atoms in total. The normalized spacial score (nSPS) is 11.4. The SMILES string of the molecule is CCN(CC)CCNC(=O)CS(=O)(=O)CC(=O)Nc1ccc(F)cc1. The summed E-state index contributed by atoms with van der Waals surface area (Å²) in [5, 5.41) is 4.88. The fraction of sp³-hybridized carbons (Fsp3) is 0.500. The van der Waals surface area contributed by atoms with Crippen molar-refractivity contribution in [3.8, 4) is 0 Å². The van der Waals surface area contributed by atoms with E-state index in [1.165, 1.54) is 12.1 Å². The molecule has 0 saturated carbocycles. The molecular formula is C16H24FN3O4S. The molecule has 1 aromatic carbocycles. The van der Waals surface area contributed by atoms with E-state index >= 15 is 0 Å². The predicted molar refractivity (Wildman–Crippen MR) is 94.5 cm³/mol. The van der Waals surface area contributed by atoms with Crippen molar-refractivity contribution in [2.75, 3.05) is 43.0 Å². The van der Waals surface area contributed by atoms with Crippen molar-refractivity contribution in [3.63, 3.8) is 0 Å². The zero-order valence-corrected chi connectivity index (χ0v) is 15.2. The lowest BCUT2D eigenvalue weighted by Gasteiger charge is -2.17. The minimum absolute atomic E-state index is 0.283. The number of carbonyl (C=O) groups excluding carboxylic acids is 2. The van der Waals surface area contributed by atoms with Crippen LogP contribution in [-0.4, -0.2) is 62.8 Å². The second-order valence-corrected chi connectivity index (χ2v) is 7.53. The Balaban J connectivity index is 2.42. The first kappa shape index (κ1) is 21.0. The second kappa shape index (κ2) is 10.1. The zero-order chi connectivity index (χ0) is 18.9. The summed E-state index contributed by atoms with van der Waals surface area (Å²) in [6.45, 7) is 6.65. The molecule has 0 saturated heterocycles. The van der Waals surface area contributed by atoms with Gasteiger partial charge in [0.1, 0.15) is 17.3 Å². The summed E-state index contributed by atoms with van der Waals surface area (Å²) in [6, 6.07) is 4.93. The average molecular weight is 373 g/mol. The first-order valence-corrected chi connectivity index (χ1v) is 9.82. The van der Waals surface area contributed by atoms with E-state index in [9.17, 15) is 22.4 Å². The largest absolute Gasteiger partial charge is 0.354 e. The monoisotopic (exact) mass is 373 g/mol. The Kier molecular flexibility index (Phi) is 8.50. The number of anilines is 1. The maximum atomic E-state index is 12.8. The number of halogens is 1. The number of rotatable bonds is 10. The highest BCUT2D eigenvalue weighted by Gasteiger charge is 2.20. The van der Waals surface area contributed by atoms with Crippen molar-refractivity contribution in [2.45, 2.75) is 13.8 Å². The van der Waals surface area contributed by atoms with E-state index in [-0.39, 0.29) is 5.69 Å². The molecule has 0 aliphatic carbocycles. The average Bonchev–Trinajstić information content (AvgIpc) is 2.52. The summed E-state index contributed by atoms with van der Waals surface area (Å²) < 4.78 is 36.6. The molecule has 0 aromatic heterocycles. The highest BCUT2D eigenvalue weighted by Crippen LogP contribution is 2.08. The first-order chi connectivity index (χ1) is 11.8. The summed E-state index contributed by atoms with van der Waals surface area (Å²) >= 11 is 0. The van der Waals surface area contributed by atoms with Gasteiger partial charge in [0.05, 0.1) is 0 Å². The smallest absolute Gasteiger partial charge is 0.239 e. The molecule has 140 valence electrons. The summed E-state index contributed by atoms with van der Waals surface area (Å²) in [6.07, 6.45) is 0. The van der Waals surface area contributed by atoms with Crippen LogP contribution in [0.3, 0.4) is 0 Å². The molecule has 25 heavy (non-hydrogen) atoms. The number of hydrogen-bond acceptors (Lipinski definition) is 5. The summed E-state index contributed by atoms with van der Waals surface area (Å²) in [4.78, 5) is 25.6. The van der Waals surface area contributed by atoms with Crippen molar-refractivity contribution in [3.05, 3.63) is 30.1 Å². The Labute approximate surface area is 147 Å². The van der Waals surface area contributed by atoms with Gasteiger partial charge in [0.25, 0.3) is 0 Å². The third kappa shape index (κ3) is 8.59. The highest BCUT2D eigenvalue weighted by atomic mass is 32.2. The molecule has 0 radical (unpaired) electrons. The standard InChI is InChI=1S/C16H24FN3O4S/c1-3-20(4-2)10-9-18-15(21)11-25(23,24)12-16(22)19-14-7-5-13(17)6-8-14/h5-8H,3-4,9-12H2,1-2H3,(H,18,21)(H,19,22). The first-order valence-electron chi connectivity index (χ1n) is 8.00. The van der Waals surface area contributed by atoms with Gasteiger partial charge >= 0.3 is 0 Å². The number of amides is 2. The molecule has 0 atom stereocenters. The van der Waals surface area contributed by atoms with Crippen LogP contribution < -0.4 is 10.6 Å². The fourth-order valence-corrected chi connectivity index (χ4v) is 3.20. The molecular weight excluding hydrogens is 349 g/mol. The molecule has 2 N–H and O–H groups in total. The molecule has 2 amide bonds. The van der Waals surface area contributed by atoms with E-state index < -0.39 is 39.0 Å². The number of nitrogens with zero attached hydrogens (tertiary/aromatic N) is 1. The summed E-state index contributed by atoms with van der Waals surface area (Å²) in [7, 11) is -3.88. The molecule has 0 fully saturated rings. The van der Waals surface area contributed by atoms with Crippen LogP contribution in [0.5, 0.6) is 0 Å². The number of nitrogens with one attached hydrogen (secondary N) is 2. The third-order valence-electron chi connectivity index (χ3n) is 3.47. The van der Waals surface area contributed by atoms with E-state index in [2.05, 4.69) is 15.5 Å². The van der Waals surface area contributed by atoms with Gasteiger partial charge in [0.2, 0.25) is 11.8 Å². The quantitative estimate of drug-likeness (QED) is 0.627. The summed E-state index contributed by atoms with van der Waals surface area (Å²) in [5.74, 6) is -3.44. The molecule has 0 bridgehead atoms. The van der Waals surface area contributed by atoms with E-state index in [1.807, 2.05) is 13.8 Å². The Bertz CT molecular complexity index is 673. The van der Waals surface area contributed by atoms with Crippen LogP contribution >= 0.6 is 0 Å². The van der Waals surface area contributed by atoms with Gasteiger partial charge in [0, 0.05) is 18.8 Å². The topological polar surface area (TPSA) is 95.6 Å². The van der Waals surface area contributed by atoms with Crippen LogP contribution in [0, 0.1) is 5.82 Å². The van der Waals surface area contributed by atoms with Crippen LogP contribution in [-0.2, 0) is 19.4 Å². The number of carbonyl (C=O) groups is 2. The van der Waals surface area contributed by atoms with Gasteiger partial charge < -0.3 is 15.5 Å². The lowest BCUT2D eigenvalue weighted by molar-refractivity contribution is -0.118. The third-order valence-corrected chi connectivity index (χ3v) is 4.88. The van der Waals surface area contributed by atoms with E-state index in [1.54, 1.807) is 0 Å². The van der Waals surface area contributed by atoms with Gasteiger partial charge in [-0.1, -0.05) is 13.8 Å². The van der Waals surface area contributed by atoms with Gasteiger partial charge in [-0.2, -0.15) is 0 Å². The maximum absolute atomic E-state index is 12.8. The van der Waals surface area contributed by atoms with Crippen molar-refractivity contribution in [2.24, 2.45) is 0 Å². The number of benzene rings is 1. The minimum atomic E-state index is -3.88. The Hall–Kier alpha value is -2.00. The maximum Gasteiger partial charge on any atom is 0.239 e. The van der Waals surface area contributed by atoms with Crippen LogP contribution in [0.15, 0.2) is 24.3 Å². The van der Waals surface area contributed by atoms with Crippen molar-refractivity contribution in [1.82, 2.24) is 10.2 Å². The molecule has 0 aliphatic rings. The summed E-state index contributed by atoms with van der Waals surface area (Å²) in [5.41, 5.74) is 0.283. The molecule has 0 spiro atoms. The van der Waals surface area contributed by atoms with Crippen molar-refractivity contribution in [1.29, 1.82) is 0 Å². The van der Waals surface area contributed by atoms with Crippen LogP contribution in [0.25, 0.3) is 0 Å². The van der Waals surface area contributed by atoms with Crippen LogP contribution in [0.2, 0.25) is 0 Å². The fourth-order valence-electron chi connectivity index (χ4n) is 2.13. The van der Waals surface area contributed by atoms with Crippen molar-refractivity contribution < 1.29 is 22.4 Å². The predicted octanol–water partition coefficient (Wildman–Crippen LogP) is 0.637. The molecule has 9 heteroatoms. The molecule has 0 heterocycles. The lowest BCUT2D eigenvalue weighted by Crippen LogP contribution is -2.38. The van der Waals surface area contributed by atoms with E-state index in [0.29, 0.717) is 13.1 Å². The second-order valence-electron chi connectivity index (χ2n) is 5.46. The minimum Gasteiger partial charge on any atom is -0.354 e.